The smallest absolute Gasteiger partial charge is 0.274 e. The molecule has 16 heavy (non-hydrogen) atoms. The van der Waals surface area contributed by atoms with Crippen LogP contribution in [0.25, 0.3) is 0 Å². The highest BCUT2D eigenvalue weighted by Gasteiger charge is 2.02. The van der Waals surface area contributed by atoms with Crippen LogP contribution in [0.4, 0.5) is 0 Å². The molecule has 0 aliphatic rings. The summed E-state index contributed by atoms with van der Waals surface area (Å²) in [5.41, 5.74) is 2.42. The van der Waals surface area contributed by atoms with E-state index in [1.54, 1.807) is 18.2 Å². The van der Waals surface area contributed by atoms with E-state index in [9.17, 15) is 4.79 Å². The van der Waals surface area contributed by atoms with Crippen LogP contribution in [0.1, 0.15) is 5.56 Å². The quantitative estimate of drug-likeness (QED) is 0.372. The second-order valence-electron chi connectivity index (χ2n) is 2.71. The van der Waals surface area contributed by atoms with E-state index < -0.39 is 5.91 Å². The summed E-state index contributed by atoms with van der Waals surface area (Å²) in [5.74, 6) is 4.36. The first kappa shape index (κ1) is 12.8. The van der Waals surface area contributed by atoms with Crippen molar-refractivity contribution < 1.29 is 9.63 Å². The lowest BCUT2D eigenvalue weighted by molar-refractivity contribution is -0.125. The number of carbonyl (C=O) groups excluding carboxylic acids is 1. The number of hydrogen-bond acceptors (Lipinski definition) is 4. The third kappa shape index (κ3) is 3.69. The molecule has 0 aliphatic heterocycles. The maximum Gasteiger partial charge on any atom is 0.274 e. The molecule has 0 heterocycles. The first-order chi connectivity index (χ1) is 7.65. The molecule has 0 atom stereocenters. The molecule has 0 aromatic heterocycles. The van der Waals surface area contributed by atoms with Gasteiger partial charge in [-0.25, -0.2) is 5.84 Å². The van der Waals surface area contributed by atoms with Gasteiger partial charge in [-0.3, -0.25) is 10.2 Å². The Hall–Kier alpha value is -1.30. The number of amides is 1. The molecule has 0 spiro atoms. The van der Waals surface area contributed by atoms with Crippen molar-refractivity contribution in [3.05, 3.63) is 33.8 Å². The number of hydrogen-bond donors (Lipinski definition) is 2. The van der Waals surface area contributed by atoms with Gasteiger partial charge in [0.25, 0.3) is 5.91 Å². The Labute approximate surface area is 102 Å². The molecule has 0 saturated heterocycles. The number of hydrazine groups is 1. The predicted octanol–water partition coefficient (Wildman–Crippen LogP) is 1.33. The van der Waals surface area contributed by atoms with E-state index in [1.807, 2.05) is 5.43 Å². The summed E-state index contributed by atoms with van der Waals surface area (Å²) in [7, 11) is 0. The molecule has 0 fully saturated rings. The zero-order chi connectivity index (χ0) is 12.0. The van der Waals surface area contributed by atoms with Gasteiger partial charge >= 0.3 is 0 Å². The fourth-order valence-electron chi connectivity index (χ4n) is 0.862. The highest BCUT2D eigenvalue weighted by Crippen LogP contribution is 2.22. The number of nitrogens with zero attached hydrogens (tertiary/aromatic N) is 1. The SMILES string of the molecule is NNC(=O)CO/N=C/c1c(Cl)cccc1Cl. The number of carbonyl (C=O) groups is 1. The number of benzene rings is 1. The van der Waals surface area contributed by atoms with Gasteiger partial charge in [-0.15, -0.1) is 0 Å². The number of nitrogens with two attached hydrogens (primary N) is 1. The van der Waals surface area contributed by atoms with Crippen molar-refractivity contribution in [2.45, 2.75) is 0 Å². The van der Waals surface area contributed by atoms with Gasteiger partial charge < -0.3 is 4.84 Å². The van der Waals surface area contributed by atoms with Crippen molar-refractivity contribution in [1.29, 1.82) is 0 Å². The highest BCUT2D eigenvalue weighted by molar-refractivity contribution is 6.38. The van der Waals surface area contributed by atoms with Gasteiger partial charge in [-0.2, -0.15) is 0 Å². The fourth-order valence-corrected chi connectivity index (χ4v) is 1.36. The Kier molecular flexibility index (Phi) is 5.04. The molecule has 1 aromatic rings. The molecular weight excluding hydrogens is 253 g/mol. The minimum atomic E-state index is -0.484. The standard InChI is InChI=1S/C9H9Cl2N3O2/c10-7-2-1-3-8(11)6(7)4-13-16-5-9(15)14-12/h1-4H,5,12H2,(H,14,15)/b13-4+. The van der Waals surface area contributed by atoms with E-state index >= 15 is 0 Å². The molecule has 0 bridgehead atoms. The summed E-state index contributed by atoms with van der Waals surface area (Å²) in [6, 6.07) is 5.05. The molecule has 0 saturated carbocycles. The zero-order valence-corrected chi connectivity index (χ0v) is 9.63. The first-order valence-electron chi connectivity index (χ1n) is 4.24. The average molecular weight is 262 g/mol. The average Bonchev–Trinajstić information content (AvgIpc) is 2.27. The van der Waals surface area contributed by atoms with E-state index in [0.29, 0.717) is 15.6 Å². The van der Waals surface area contributed by atoms with Crippen molar-refractivity contribution in [3.63, 3.8) is 0 Å². The number of rotatable bonds is 4. The third-order valence-corrected chi connectivity index (χ3v) is 2.27. The summed E-state index contributed by atoms with van der Waals surface area (Å²) in [4.78, 5) is 15.3. The number of oxime groups is 1. The maximum atomic E-state index is 10.7. The molecule has 1 amide bonds. The summed E-state index contributed by atoms with van der Waals surface area (Å²) in [6.07, 6.45) is 1.33. The van der Waals surface area contributed by atoms with E-state index in [1.165, 1.54) is 6.21 Å². The van der Waals surface area contributed by atoms with Crippen molar-refractivity contribution in [3.8, 4) is 0 Å². The van der Waals surface area contributed by atoms with Crippen molar-refractivity contribution in [2.24, 2.45) is 11.0 Å². The number of nitrogens with one attached hydrogen (secondary N) is 1. The van der Waals surface area contributed by atoms with Crippen LogP contribution in [0.15, 0.2) is 23.4 Å². The Bertz CT molecular complexity index is 389. The van der Waals surface area contributed by atoms with Gasteiger partial charge in [-0.05, 0) is 12.1 Å². The Morgan fingerprint density at radius 2 is 2.12 bits per heavy atom. The molecule has 0 radical (unpaired) electrons. The predicted molar refractivity (Wildman–Crippen MR) is 62.3 cm³/mol. The lowest BCUT2D eigenvalue weighted by Gasteiger charge is -2.00. The topological polar surface area (TPSA) is 76.7 Å². The van der Waals surface area contributed by atoms with E-state index in [2.05, 4.69) is 9.99 Å². The van der Waals surface area contributed by atoms with E-state index in [-0.39, 0.29) is 6.61 Å². The molecule has 0 aliphatic carbocycles. The Balaban J connectivity index is 2.59. The van der Waals surface area contributed by atoms with Crippen LogP contribution in [0.5, 0.6) is 0 Å². The molecule has 7 heteroatoms. The van der Waals surface area contributed by atoms with Crippen LogP contribution < -0.4 is 11.3 Å². The van der Waals surface area contributed by atoms with E-state index in [4.69, 9.17) is 29.0 Å². The lowest BCUT2D eigenvalue weighted by Crippen LogP contribution is -2.32. The molecule has 0 unspecified atom stereocenters. The molecule has 1 aromatic carbocycles. The number of halogens is 2. The van der Waals surface area contributed by atoms with Crippen molar-refractivity contribution in [2.75, 3.05) is 6.61 Å². The first-order valence-corrected chi connectivity index (χ1v) is 4.99. The van der Waals surface area contributed by atoms with Gasteiger partial charge in [0.2, 0.25) is 0 Å². The molecular formula is C9H9Cl2N3O2. The van der Waals surface area contributed by atoms with Gasteiger partial charge in [0.05, 0.1) is 16.3 Å². The largest absolute Gasteiger partial charge is 0.386 e. The molecule has 3 N–H and O–H groups in total. The summed E-state index contributed by atoms with van der Waals surface area (Å²) in [5, 5.41) is 4.44. The van der Waals surface area contributed by atoms with Crippen molar-refractivity contribution >= 4 is 35.3 Å². The summed E-state index contributed by atoms with van der Waals surface area (Å²) >= 11 is 11.7. The minimum absolute atomic E-state index is 0.269. The second-order valence-corrected chi connectivity index (χ2v) is 3.53. The lowest BCUT2D eigenvalue weighted by atomic mass is 10.2. The van der Waals surface area contributed by atoms with Crippen LogP contribution in [-0.4, -0.2) is 18.7 Å². The van der Waals surface area contributed by atoms with Crippen LogP contribution in [-0.2, 0) is 9.63 Å². The maximum absolute atomic E-state index is 10.7. The fraction of sp³-hybridized carbons (Fsp3) is 0.111. The monoisotopic (exact) mass is 261 g/mol. The van der Waals surface area contributed by atoms with Crippen molar-refractivity contribution in [1.82, 2.24) is 5.43 Å². The molecule has 5 nitrogen and oxygen atoms in total. The minimum Gasteiger partial charge on any atom is -0.386 e. The highest BCUT2D eigenvalue weighted by atomic mass is 35.5. The van der Waals surface area contributed by atoms with Crippen LogP contribution in [0, 0.1) is 0 Å². The Morgan fingerprint density at radius 1 is 1.50 bits per heavy atom. The van der Waals surface area contributed by atoms with E-state index in [0.717, 1.165) is 0 Å². The Morgan fingerprint density at radius 3 is 2.69 bits per heavy atom. The summed E-state index contributed by atoms with van der Waals surface area (Å²) in [6.45, 7) is -0.269. The third-order valence-electron chi connectivity index (χ3n) is 1.61. The van der Waals surface area contributed by atoms with Gasteiger partial charge in [0.1, 0.15) is 0 Å². The van der Waals surface area contributed by atoms with Gasteiger partial charge in [-0.1, -0.05) is 34.4 Å². The van der Waals surface area contributed by atoms with Crippen LogP contribution in [0.2, 0.25) is 10.0 Å². The molecule has 1 rings (SSSR count). The van der Waals surface area contributed by atoms with Crippen LogP contribution >= 0.6 is 23.2 Å². The normalized spacial score (nSPS) is 10.4. The zero-order valence-electron chi connectivity index (χ0n) is 8.11. The van der Waals surface area contributed by atoms with Crippen LogP contribution in [0.3, 0.4) is 0 Å². The van der Waals surface area contributed by atoms with Gasteiger partial charge in [0, 0.05) is 5.56 Å². The summed E-state index contributed by atoms with van der Waals surface area (Å²) < 4.78 is 0. The second kappa shape index (κ2) is 6.32. The van der Waals surface area contributed by atoms with Gasteiger partial charge in [0.15, 0.2) is 6.61 Å². The molecule has 86 valence electrons.